The number of benzene rings is 1. The molecule has 6 heteroatoms. The van der Waals surface area contributed by atoms with Crippen molar-refractivity contribution in [3.8, 4) is 0 Å². The summed E-state index contributed by atoms with van der Waals surface area (Å²) in [5.41, 5.74) is -2.96. The van der Waals surface area contributed by atoms with E-state index in [2.05, 4.69) is 0 Å². The number of hydrogen-bond acceptors (Lipinski definition) is 3. The number of ketones is 1. The van der Waals surface area contributed by atoms with Crippen molar-refractivity contribution in [2.45, 2.75) is 32.8 Å². The topological polar surface area (TPSA) is 43.4 Å². The van der Waals surface area contributed by atoms with Crippen molar-refractivity contribution in [1.29, 1.82) is 0 Å². The molecule has 0 aromatic heterocycles. The zero-order valence-electron chi connectivity index (χ0n) is 11.0. The van der Waals surface area contributed by atoms with Gasteiger partial charge in [-0.2, -0.15) is 0 Å². The Hall–Kier alpha value is -1.85. The first-order chi connectivity index (χ1) is 9.30. The molecule has 0 saturated heterocycles. The number of carbonyl (C=O) groups is 2. The highest BCUT2D eigenvalue weighted by atomic mass is 19.3. The number of Topliss-reactive ketones (excluding diaryl/α,β-unsaturated/α-hetero) is 1. The van der Waals surface area contributed by atoms with Crippen molar-refractivity contribution in [3.05, 3.63) is 35.1 Å². The number of hydrogen-bond donors (Lipinski definition) is 0. The molecule has 1 atom stereocenters. The number of ether oxygens (including phenoxy) is 1. The van der Waals surface area contributed by atoms with Crippen LogP contribution in [0, 0.1) is 11.2 Å². The van der Waals surface area contributed by atoms with Crippen LogP contribution in [0.3, 0.4) is 0 Å². The zero-order chi connectivity index (χ0) is 15.1. The van der Waals surface area contributed by atoms with Crippen LogP contribution >= 0.6 is 0 Å². The summed E-state index contributed by atoms with van der Waals surface area (Å²) in [6.07, 6.45) is -4.57. The molecule has 0 N–H and O–H groups in total. The van der Waals surface area contributed by atoms with Gasteiger partial charge >= 0.3 is 5.97 Å². The Balaban J connectivity index is 2.51. The smallest absolute Gasteiger partial charge is 0.326 e. The van der Waals surface area contributed by atoms with E-state index in [0.29, 0.717) is 0 Å². The van der Waals surface area contributed by atoms with Gasteiger partial charge in [-0.25, -0.2) is 13.2 Å². The summed E-state index contributed by atoms with van der Waals surface area (Å²) in [6, 6.07) is 3.57. The fourth-order valence-corrected chi connectivity index (χ4v) is 2.30. The van der Waals surface area contributed by atoms with Gasteiger partial charge in [-0.1, -0.05) is 12.1 Å². The van der Waals surface area contributed by atoms with Crippen LogP contribution in [0.15, 0.2) is 18.2 Å². The molecule has 1 aromatic carbocycles. The molecule has 0 aliphatic heterocycles. The summed E-state index contributed by atoms with van der Waals surface area (Å²) in [5, 5.41) is 0. The highest BCUT2D eigenvalue weighted by molar-refractivity contribution is 6.16. The Morgan fingerprint density at radius 3 is 2.50 bits per heavy atom. The minimum absolute atomic E-state index is 0.154. The van der Waals surface area contributed by atoms with E-state index < -0.39 is 41.9 Å². The fourth-order valence-electron chi connectivity index (χ4n) is 2.30. The van der Waals surface area contributed by atoms with Gasteiger partial charge in [-0.15, -0.1) is 0 Å². The molecular formula is C14H13F3O3. The van der Waals surface area contributed by atoms with Gasteiger partial charge in [0.1, 0.15) is 5.82 Å². The predicted octanol–water partition coefficient (Wildman–Crippen LogP) is 2.77. The number of alkyl halides is 2. The maximum absolute atomic E-state index is 13.6. The maximum Gasteiger partial charge on any atom is 0.326 e. The molecule has 1 aliphatic rings. The quantitative estimate of drug-likeness (QED) is 0.634. The minimum Gasteiger partial charge on any atom is -0.462 e. The van der Waals surface area contributed by atoms with E-state index >= 15 is 0 Å². The highest BCUT2D eigenvalue weighted by Gasteiger charge is 2.60. The molecule has 0 fully saturated rings. The lowest BCUT2D eigenvalue weighted by Crippen LogP contribution is -2.45. The second kappa shape index (κ2) is 4.92. The number of halogens is 3. The molecule has 0 radical (unpaired) electrons. The molecule has 3 nitrogen and oxygen atoms in total. The molecule has 0 saturated carbocycles. The van der Waals surface area contributed by atoms with Gasteiger partial charge in [-0.3, -0.25) is 9.59 Å². The standard InChI is InChI=1S/C14H13F3O3/c1-7(2)20-13(19)14(12(16)17)6-9-8(11(14)18)4-3-5-10(9)15/h3-5,7,12H,6H2,1-2H3. The fraction of sp³-hybridized carbons (Fsp3) is 0.429. The van der Waals surface area contributed by atoms with Crippen LogP contribution in [0.25, 0.3) is 0 Å². The van der Waals surface area contributed by atoms with E-state index in [1.807, 2.05) is 0 Å². The highest BCUT2D eigenvalue weighted by Crippen LogP contribution is 2.43. The van der Waals surface area contributed by atoms with Crippen molar-refractivity contribution < 1.29 is 27.5 Å². The van der Waals surface area contributed by atoms with Gasteiger partial charge in [0.25, 0.3) is 6.43 Å². The van der Waals surface area contributed by atoms with Crippen molar-refractivity contribution >= 4 is 11.8 Å². The summed E-state index contributed by atoms with van der Waals surface area (Å²) in [4.78, 5) is 24.2. The summed E-state index contributed by atoms with van der Waals surface area (Å²) in [5.74, 6) is -3.15. The Morgan fingerprint density at radius 2 is 2.00 bits per heavy atom. The third-order valence-electron chi connectivity index (χ3n) is 3.30. The van der Waals surface area contributed by atoms with Crippen LogP contribution in [0.4, 0.5) is 13.2 Å². The van der Waals surface area contributed by atoms with E-state index in [1.54, 1.807) is 0 Å². The summed E-state index contributed by atoms with van der Waals surface area (Å²) in [7, 11) is 0. The molecule has 108 valence electrons. The molecule has 2 rings (SSSR count). The summed E-state index contributed by atoms with van der Waals surface area (Å²) >= 11 is 0. The second-order valence-electron chi connectivity index (χ2n) is 5.00. The number of esters is 1. The van der Waals surface area contributed by atoms with Crippen molar-refractivity contribution in [1.82, 2.24) is 0 Å². The first-order valence-corrected chi connectivity index (χ1v) is 6.12. The van der Waals surface area contributed by atoms with Crippen LogP contribution in [0.2, 0.25) is 0 Å². The number of carbonyl (C=O) groups excluding carboxylic acids is 2. The van der Waals surface area contributed by atoms with E-state index in [0.717, 1.165) is 6.07 Å². The Morgan fingerprint density at radius 1 is 1.35 bits per heavy atom. The molecule has 1 aromatic rings. The van der Waals surface area contributed by atoms with Gasteiger partial charge in [0.15, 0.2) is 11.2 Å². The molecule has 1 unspecified atom stereocenters. The maximum atomic E-state index is 13.6. The van der Waals surface area contributed by atoms with Crippen LogP contribution < -0.4 is 0 Å². The van der Waals surface area contributed by atoms with Crippen LogP contribution in [-0.4, -0.2) is 24.3 Å². The summed E-state index contributed by atoms with van der Waals surface area (Å²) < 4.78 is 45.2. The monoisotopic (exact) mass is 286 g/mol. The zero-order valence-corrected chi connectivity index (χ0v) is 11.0. The predicted molar refractivity (Wildman–Crippen MR) is 64.1 cm³/mol. The van der Waals surface area contributed by atoms with E-state index in [4.69, 9.17) is 4.74 Å². The van der Waals surface area contributed by atoms with Crippen molar-refractivity contribution in [3.63, 3.8) is 0 Å². The Bertz CT molecular complexity index is 569. The third-order valence-corrected chi connectivity index (χ3v) is 3.30. The van der Waals surface area contributed by atoms with Gasteiger partial charge < -0.3 is 4.74 Å². The Kier molecular flexibility index (Phi) is 3.58. The van der Waals surface area contributed by atoms with Gasteiger partial charge in [-0.05, 0) is 19.9 Å². The average molecular weight is 286 g/mol. The summed E-state index contributed by atoms with van der Waals surface area (Å²) in [6.45, 7) is 2.98. The minimum atomic E-state index is -3.26. The molecular weight excluding hydrogens is 273 g/mol. The average Bonchev–Trinajstić information content (AvgIpc) is 2.65. The van der Waals surface area contributed by atoms with Gasteiger partial charge in [0, 0.05) is 17.5 Å². The molecule has 0 heterocycles. The lowest BCUT2D eigenvalue weighted by atomic mass is 9.84. The van der Waals surface area contributed by atoms with E-state index in [9.17, 15) is 22.8 Å². The largest absolute Gasteiger partial charge is 0.462 e. The van der Waals surface area contributed by atoms with Crippen molar-refractivity contribution in [2.24, 2.45) is 5.41 Å². The molecule has 0 spiro atoms. The third kappa shape index (κ3) is 1.99. The number of rotatable bonds is 3. The normalized spacial score (nSPS) is 21.4. The first kappa shape index (κ1) is 14.6. The van der Waals surface area contributed by atoms with E-state index in [-0.39, 0.29) is 11.1 Å². The number of fused-ring (bicyclic) bond motifs is 1. The molecule has 0 bridgehead atoms. The first-order valence-electron chi connectivity index (χ1n) is 6.12. The van der Waals surface area contributed by atoms with Crippen molar-refractivity contribution in [2.75, 3.05) is 0 Å². The van der Waals surface area contributed by atoms with Gasteiger partial charge in [0.2, 0.25) is 0 Å². The van der Waals surface area contributed by atoms with Gasteiger partial charge in [0.05, 0.1) is 6.10 Å². The SMILES string of the molecule is CC(C)OC(=O)C1(C(F)F)Cc2c(F)cccc2C1=O. The molecule has 0 amide bonds. The molecule has 20 heavy (non-hydrogen) atoms. The van der Waals surface area contributed by atoms with Crippen LogP contribution in [-0.2, 0) is 16.0 Å². The molecule has 1 aliphatic carbocycles. The lowest BCUT2D eigenvalue weighted by molar-refractivity contribution is -0.164. The van der Waals surface area contributed by atoms with Crippen LogP contribution in [0.1, 0.15) is 29.8 Å². The van der Waals surface area contributed by atoms with E-state index in [1.165, 1.54) is 26.0 Å². The lowest BCUT2D eigenvalue weighted by Gasteiger charge is -2.25. The second-order valence-corrected chi connectivity index (χ2v) is 5.00. The van der Waals surface area contributed by atoms with Crippen LogP contribution in [0.5, 0.6) is 0 Å². The Labute approximate surface area is 113 Å².